The summed E-state index contributed by atoms with van der Waals surface area (Å²) in [5, 5.41) is 2.63. The SMILES string of the molecule is CC(C)(C)OC(=O)NCc1ccc(C(=O)OC2CCS(=O)(=O)C2)cc1. The summed E-state index contributed by atoms with van der Waals surface area (Å²) in [7, 11) is -3.09. The molecule has 2 rings (SSSR count). The summed E-state index contributed by atoms with van der Waals surface area (Å²) in [5.41, 5.74) is 0.571. The Morgan fingerprint density at radius 1 is 1.20 bits per heavy atom. The zero-order valence-electron chi connectivity index (χ0n) is 14.6. The Balaban J connectivity index is 1.85. The molecule has 1 atom stereocenters. The Kier molecular flexibility index (Phi) is 5.72. The second-order valence-electron chi connectivity index (χ2n) is 6.98. The smallest absolute Gasteiger partial charge is 0.407 e. The lowest BCUT2D eigenvalue weighted by Gasteiger charge is -2.19. The molecule has 1 saturated heterocycles. The normalized spacial score (nSPS) is 19.2. The van der Waals surface area contributed by atoms with Gasteiger partial charge in [0, 0.05) is 6.54 Å². The quantitative estimate of drug-likeness (QED) is 0.816. The summed E-state index contributed by atoms with van der Waals surface area (Å²) in [4.78, 5) is 23.6. The maximum absolute atomic E-state index is 12.0. The van der Waals surface area contributed by atoms with Crippen molar-refractivity contribution in [1.29, 1.82) is 0 Å². The topological polar surface area (TPSA) is 98.8 Å². The molecule has 0 spiro atoms. The van der Waals surface area contributed by atoms with Gasteiger partial charge in [0.05, 0.1) is 17.1 Å². The fourth-order valence-electron chi connectivity index (χ4n) is 2.32. The molecule has 0 aromatic heterocycles. The van der Waals surface area contributed by atoms with Crippen molar-refractivity contribution in [3.8, 4) is 0 Å². The fraction of sp³-hybridized carbons (Fsp3) is 0.529. The van der Waals surface area contributed by atoms with Gasteiger partial charge in [0.1, 0.15) is 11.7 Å². The average Bonchev–Trinajstić information content (AvgIpc) is 2.83. The van der Waals surface area contributed by atoms with E-state index in [0.717, 1.165) is 5.56 Å². The number of sulfone groups is 1. The number of rotatable bonds is 4. The van der Waals surface area contributed by atoms with E-state index >= 15 is 0 Å². The van der Waals surface area contributed by atoms with Gasteiger partial charge in [0.25, 0.3) is 0 Å². The molecule has 1 fully saturated rings. The van der Waals surface area contributed by atoms with Crippen molar-refractivity contribution < 1.29 is 27.5 Å². The van der Waals surface area contributed by atoms with Gasteiger partial charge in [-0.15, -0.1) is 0 Å². The van der Waals surface area contributed by atoms with E-state index in [0.29, 0.717) is 12.0 Å². The number of esters is 1. The molecule has 1 N–H and O–H groups in total. The summed E-state index contributed by atoms with van der Waals surface area (Å²) < 4.78 is 33.1. The molecule has 1 aromatic carbocycles. The first-order chi connectivity index (χ1) is 11.5. The minimum atomic E-state index is -3.09. The van der Waals surface area contributed by atoms with Gasteiger partial charge in [-0.25, -0.2) is 18.0 Å². The number of carbonyl (C=O) groups is 2. The standard InChI is InChI=1S/C17H23NO6S/c1-17(2,3)24-16(20)18-10-12-4-6-13(7-5-12)15(19)23-14-8-9-25(21,22)11-14/h4-7,14H,8-11H2,1-3H3,(H,18,20). The van der Waals surface area contributed by atoms with Gasteiger partial charge in [-0.1, -0.05) is 12.1 Å². The third kappa shape index (κ3) is 6.38. The van der Waals surface area contributed by atoms with E-state index in [1.165, 1.54) is 0 Å². The molecule has 1 amide bonds. The van der Waals surface area contributed by atoms with Crippen LogP contribution in [0, 0.1) is 0 Å². The lowest BCUT2D eigenvalue weighted by atomic mass is 10.1. The van der Waals surface area contributed by atoms with Crippen LogP contribution in [0.1, 0.15) is 43.1 Å². The predicted octanol–water partition coefficient (Wildman–Crippen LogP) is 2.06. The molecule has 25 heavy (non-hydrogen) atoms. The maximum atomic E-state index is 12.0. The highest BCUT2D eigenvalue weighted by Crippen LogP contribution is 2.17. The molecule has 138 valence electrons. The molecular formula is C17H23NO6S. The van der Waals surface area contributed by atoms with E-state index in [2.05, 4.69) is 5.32 Å². The van der Waals surface area contributed by atoms with Gasteiger partial charge in [-0.3, -0.25) is 0 Å². The molecule has 0 aliphatic carbocycles. The summed E-state index contributed by atoms with van der Waals surface area (Å²) >= 11 is 0. The van der Waals surface area contributed by atoms with Crippen LogP contribution in [0.3, 0.4) is 0 Å². The van der Waals surface area contributed by atoms with Crippen LogP contribution in [0.2, 0.25) is 0 Å². The predicted molar refractivity (Wildman–Crippen MR) is 92.0 cm³/mol. The van der Waals surface area contributed by atoms with Crippen LogP contribution in [0.25, 0.3) is 0 Å². The molecule has 1 unspecified atom stereocenters. The number of nitrogens with one attached hydrogen (secondary N) is 1. The molecule has 0 bridgehead atoms. The minimum absolute atomic E-state index is 0.0558. The fourth-order valence-corrected chi connectivity index (χ4v) is 3.91. The summed E-state index contributed by atoms with van der Waals surface area (Å²) in [6.07, 6.45) is -0.754. The van der Waals surface area contributed by atoms with Crippen LogP contribution in [0.5, 0.6) is 0 Å². The van der Waals surface area contributed by atoms with Crippen LogP contribution in [0.15, 0.2) is 24.3 Å². The summed E-state index contributed by atoms with van der Waals surface area (Å²) in [5.74, 6) is -0.606. The van der Waals surface area contributed by atoms with Gasteiger partial charge >= 0.3 is 12.1 Å². The molecule has 1 aliphatic rings. The molecule has 0 saturated carbocycles. The number of carbonyl (C=O) groups excluding carboxylic acids is 2. The van der Waals surface area contributed by atoms with Gasteiger partial charge in [0.2, 0.25) is 0 Å². The van der Waals surface area contributed by atoms with Crippen molar-refractivity contribution in [2.45, 2.75) is 45.4 Å². The molecular weight excluding hydrogens is 346 g/mol. The number of amides is 1. The van der Waals surface area contributed by atoms with Crippen LogP contribution in [-0.2, 0) is 25.9 Å². The Labute approximate surface area is 147 Å². The maximum Gasteiger partial charge on any atom is 0.407 e. The van der Waals surface area contributed by atoms with Crippen molar-refractivity contribution >= 4 is 21.9 Å². The first kappa shape index (κ1) is 19.2. The molecule has 8 heteroatoms. The van der Waals surface area contributed by atoms with Crippen LogP contribution < -0.4 is 5.32 Å². The number of ether oxygens (including phenoxy) is 2. The van der Waals surface area contributed by atoms with Gasteiger partial charge < -0.3 is 14.8 Å². The van der Waals surface area contributed by atoms with E-state index < -0.39 is 33.6 Å². The minimum Gasteiger partial charge on any atom is -0.458 e. The van der Waals surface area contributed by atoms with Crippen molar-refractivity contribution in [3.63, 3.8) is 0 Å². The van der Waals surface area contributed by atoms with Crippen LogP contribution in [0.4, 0.5) is 4.79 Å². The summed E-state index contributed by atoms with van der Waals surface area (Å²) in [6, 6.07) is 6.55. The highest BCUT2D eigenvalue weighted by Gasteiger charge is 2.30. The monoisotopic (exact) mass is 369 g/mol. The van der Waals surface area contributed by atoms with E-state index in [4.69, 9.17) is 9.47 Å². The number of hydrogen-bond acceptors (Lipinski definition) is 6. The molecule has 1 heterocycles. The number of benzene rings is 1. The van der Waals surface area contributed by atoms with Crippen LogP contribution >= 0.6 is 0 Å². The second kappa shape index (κ2) is 7.43. The first-order valence-corrected chi connectivity index (χ1v) is 9.83. The van der Waals surface area contributed by atoms with E-state index in [1.807, 2.05) is 0 Å². The molecule has 7 nitrogen and oxygen atoms in total. The van der Waals surface area contributed by atoms with E-state index in [1.54, 1.807) is 45.0 Å². The lowest BCUT2D eigenvalue weighted by molar-refractivity contribution is 0.0355. The zero-order valence-corrected chi connectivity index (χ0v) is 15.4. The van der Waals surface area contributed by atoms with Gasteiger partial charge in [-0.2, -0.15) is 0 Å². The Morgan fingerprint density at radius 2 is 1.84 bits per heavy atom. The average molecular weight is 369 g/mol. The Morgan fingerprint density at radius 3 is 2.36 bits per heavy atom. The van der Waals surface area contributed by atoms with Crippen molar-refractivity contribution in [2.24, 2.45) is 0 Å². The Bertz CT molecular complexity index is 733. The third-order valence-corrected chi connectivity index (χ3v) is 5.23. The summed E-state index contributed by atoms with van der Waals surface area (Å²) in [6.45, 7) is 5.61. The molecule has 0 radical (unpaired) electrons. The third-order valence-electron chi connectivity index (χ3n) is 3.49. The number of hydrogen-bond donors (Lipinski definition) is 1. The van der Waals surface area contributed by atoms with Crippen LogP contribution in [-0.4, -0.2) is 43.7 Å². The largest absolute Gasteiger partial charge is 0.458 e. The van der Waals surface area contributed by atoms with E-state index in [9.17, 15) is 18.0 Å². The molecule has 1 aliphatic heterocycles. The molecule has 1 aromatic rings. The second-order valence-corrected chi connectivity index (χ2v) is 9.21. The lowest BCUT2D eigenvalue weighted by Crippen LogP contribution is -2.32. The highest BCUT2D eigenvalue weighted by molar-refractivity contribution is 7.91. The number of alkyl carbamates (subject to hydrolysis) is 1. The van der Waals surface area contributed by atoms with E-state index in [-0.39, 0.29) is 18.1 Å². The first-order valence-electron chi connectivity index (χ1n) is 8.01. The van der Waals surface area contributed by atoms with Crippen molar-refractivity contribution in [3.05, 3.63) is 35.4 Å². The van der Waals surface area contributed by atoms with Crippen molar-refractivity contribution in [1.82, 2.24) is 5.32 Å². The Hall–Kier alpha value is -2.09. The van der Waals surface area contributed by atoms with Gasteiger partial charge in [0.15, 0.2) is 9.84 Å². The zero-order chi connectivity index (χ0) is 18.7. The van der Waals surface area contributed by atoms with Gasteiger partial charge in [-0.05, 0) is 44.9 Å². The highest BCUT2D eigenvalue weighted by atomic mass is 32.2. The van der Waals surface area contributed by atoms with Crippen molar-refractivity contribution in [2.75, 3.05) is 11.5 Å².